The van der Waals surface area contributed by atoms with E-state index in [0.717, 1.165) is 36.2 Å². The fourth-order valence-electron chi connectivity index (χ4n) is 2.57. The number of carbonyl (C=O) groups excluding carboxylic acids is 1. The Balaban J connectivity index is 2.24. The number of amides is 1. The fourth-order valence-corrected chi connectivity index (χ4v) is 2.57. The van der Waals surface area contributed by atoms with Crippen molar-refractivity contribution < 1.29 is 4.79 Å². The van der Waals surface area contributed by atoms with Gasteiger partial charge in [-0.3, -0.25) is 4.79 Å². The van der Waals surface area contributed by atoms with Crippen LogP contribution in [0.15, 0.2) is 18.2 Å². The maximum Gasteiger partial charge on any atom is 0.243 e. The highest BCUT2D eigenvalue weighted by atomic mass is 16.2. The van der Waals surface area contributed by atoms with E-state index in [1.54, 1.807) is 4.90 Å². The van der Waals surface area contributed by atoms with Crippen LogP contribution in [0.2, 0.25) is 0 Å². The first-order valence-corrected chi connectivity index (χ1v) is 6.18. The molecule has 0 aliphatic carbocycles. The number of carbonyl (C=O) groups is 1. The van der Waals surface area contributed by atoms with Crippen molar-refractivity contribution >= 4 is 11.6 Å². The standard InChI is InChI=1S/C14H20N2O/c1-10-6-4-7-11(2)13(10)16(3)14(17)12-8-5-9-15-12/h4,6-7,12,15H,5,8-9H2,1-3H3/t12-/m1/s1. The molecule has 0 bridgehead atoms. The maximum absolute atomic E-state index is 12.3. The lowest BCUT2D eigenvalue weighted by molar-refractivity contribution is -0.119. The van der Waals surface area contributed by atoms with E-state index >= 15 is 0 Å². The predicted octanol–water partition coefficient (Wildman–Crippen LogP) is 2.02. The molecule has 3 heteroatoms. The van der Waals surface area contributed by atoms with E-state index in [9.17, 15) is 4.79 Å². The molecule has 1 atom stereocenters. The summed E-state index contributed by atoms with van der Waals surface area (Å²) in [7, 11) is 1.87. The average molecular weight is 232 g/mol. The van der Waals surface area contributed by atoms with E-state index in [0.29, 0.717) is 0 Å². The van der Waals surface area contributed by atoms with Gasteiger partial charge in [-0.25, -0.2) is 0 Å². The van der Waals surface area contributed by atoms with Gasteiger partial charge < -0.3 is 10.2 Å². The van der Waals surface area contributed by atoms with Crippen LogP contribution < -0.4 is 10.2 Å². The summed E-state index contributed by atoms with van der Waals surface area (Å²) in [4.78, 5) is 14.1. The lowest BCUT2D eigenvalue weighted by Crippen LogP contribution is -2.42. The molecule has 1 heterocycles. The normalized spacial score (nSPS) is 19.4. The van der Waals surface area contributed by atoms with Crippen LogP contribution in [0.4, 0.5) is 5.69 Å². The van der Waals surface area contributed by atoms with Crippen molar-refractivity contribution in [1.82, 2.24) is 5.32 Å². The summed E-state index contributed by atoms with van der Waals surface area (Å²) >= 11 is 0. The monoisotopic (exact) mass is 232 g/mol. The molecule has 0 spiro atoms. The minimum atomic E-state index is -0.000920. The van der Waals surface area contributed by atoms with Crippen molar-refractivity contribution in [2.24, 2.45) is 0 Å². The van der Waals surface area contributed by atoms with Gasteiger partial charge >= 0.3 is 0 Å². The fraction of sp³-hybridized carbons (Fsp3) is 0.500. The van der Waals surface area contributed by atoms with Crippen molar-refractivity contribution in [2.45, 2.75) is 32.7 Å². The molecule has 2 rings (SSSR count). The lowest BCUT2D eigenvalue weighted by Gasteiger charge is -2.24. The van der Waals surface area contributed by atoms with Crippen LogP contribution in [-0.4, -0.2) is 25.5 Å². The van der Waals surface area contributed by atoms with Gasteiger partial charge in [-0.2, -0.15) is 0 Å². The SMILES string of the molecule is Cc1cccc(C)c1N(C)C(=O)[C@H]1CCCN1. The summed E-state index contributed by atoms with van der Waals surface area (Å²) in [5, 5.41) is 3.25. The number of rotatable bonds is 2. The van der Waals surface area contributed by atoms with Gasteiger partial charge in [0.05, 0.1) is 6.04 Å². The first-order valence-electron chi connectivity index (χ1n) is 6.18. The van der Waals surface area contributed by atoms with E-state index in [1.165, 1.54) is 0 Å². The van der Waals surface area contributed by atoms with Crippen molar-refractivity contribution in [1.29, 1.82) is 0 Å². The van der Waals surface area contributed by atoms with Crippen LogP contribution >= 0.6 is 0 Å². The maximum atomic E-state index is 12.3. The third-order valence-electron chi connectivity index (χ3n) is 3.46. The Kier molecular flexibility index (Phi) is 3.48. The second kappa shape index (κ2) is 4.88. The summed E-state index contributed by atoms with van der Waals surface area (Å²) in [5.74, 6) is 0.180. The topological polar surface area (TPSA) is 32.3 Å². The molecular weight excluding hydrogens is 212 g/mol. The summed E-state index contributed by atoms with van der Waals surface area (Å²) in [5.41, 5.74) is 3.35. The van der Waals surface area contributed by atoms with Gasteiger partial charge in [0, 0.05) is 12.7 Å². The van der Waals surface area contributed by atoms with E-state index in [2.05, 4.69) is 5.32 Å². The second-order valence-electron chi connectivity index (χ2n) is 4.79. The molecule has 1 aromatic rings. The summed E-state index contributed by atoms with van der Waals surface area (Å²) in [6.45, 7) is 5.05. The first-order chi connectivity index (χ1) is 8.11. The quantitative estimate of drug-likeness (QED) is 0.846. The minimum absolute atomic E-state index is 0.000920. The van der Waals surface area contributed by atoms with E-state index in [-0.39, 0.29) is 11.9 Å². The molecule has 1 aliphatic heterocycles. The molecule has 1 amide bonds. The van der Waals surface area contributed by atoms with Crippen molar-refractivity contribution in [2.75, 3.05) is 18.5 Å². The molecule has 0 aromatic heterocycles. The molecule has 1 aliphatic rings. The molecule has 1 fully saturated rings. The van der Waals surface area contributed by atoms with Crippen LogP contribution in [0.1, 0.15) is 24.0 Å². The van der Waals surface area contributed by atoms with Gasteiger partial charge in [-0.15, -0.1) is 0 Å². The number of para-hydroxylation sites is 1. The Morgan fingerprint density at radius 1 is 1.35 bits per heavy atom. The van der Waals surface area contributed by atoms with Crippen LogP contribution in [0.25, 0.3) is 0 Å². The number of anilines is 1. The molecule has 1 N–H and O–H groups in total. The smallest absolute Gasteiger partial charge is 0.243 e. The molecule has 0 unspecified atom stereocenters. The molecule has 0 radical (unpaired) electrons. The highest BCUT2D eigenvalue weighted by Gasteiger charge is 2.26. The zero-order valence-corrected chi connectivity index (χ0v) is 10.8. The van der Waals surface area contributed by atoms with Gasteiger partial charge in [0.1, 0.15) is 0 Å². The molecule has 92 valence electrons. The van der Waals surface area contributed by atoms with Crippen LogP contribution in [-0.2, 0) is 4.79 Å². The number of hydrogen-bond acceptors (Lipinski definition) is 2. The summed E-state index contributed by atoms with van der Waals surface area (Å²) in [6.07, 6.45) is 2.05. The molecule has 3 nitrogen and oxygen atoms in total. The van der Waals surface area contributed by atoms with Crippen LogP contribution in [0.5, 0.6) is 0 Å². The van der Waals surface area contributed by atoms with Crippen LogP contribution in [0.3, 0.4) is 0 Å². The van der Waals surface area contributed by atoms with Gasteiger partial charge in [0.2, 0.25) is 5.91 Å². The number of aryl methyl sites for hydroxylation is 2. The van der Waals surface area contributed by atoms with Crippen molar-refractivity contribution in [3.05, 3.63) is 29.3 Å². The van der Waals surface area contributed by atoms with Gasteiger partial charge in [-0.1, -0.05) is 18.2 Å². The summed E-state index contributed by atoms with van der Waals surface area (Å²) < 4.78 is 0. The summed E-state index contributed by atoms with van der Waals surface area (Å²) in [6, 6.07) is 6.13. The third kappa shape index (κ3) is 2.34. The molecule has 1 saturated heterocycles. The second-order valence-corrected chi connectivity index (χ2v) is 4.79. The molecule has 1 aromatic carbocycles. The number of nitrogens with zero attached hydrogens (tertiary/aromatic N) is 1. The number of nitrogens with one attached hydrogen (secondary N) is 1. The predicted molar refractivity (Wildman–Crippen MR) is 70.4 cm³/mol. The lowest BCUT2D eigenvalue weighted by atomic mass is 10.1. The van der Waals surface area contributed by atoms with Crippen molar-refractivity contribution in [3.8, 4) is 0 Å². The Bertz CT molecular complexity index is 402. The third-order valence-corrected chi connectivity index (χ3v) is 3.46. The number of hydrogen-bond donors (Lipinski definition) is 1. The molecular formula is C14H20N2O. The minimum Gasteiger partial charge on any atom is -0.314 e. The molecule has 17 heavy (non-hydrogen) atoms. The van der Waals surface area contributed by atoms with E-state index in [1.807, 2.05) is 39.1 Å². The first kappa shape index (κ1) is 12.1. The zero-order chi connectivity index (χ0) is 12.4. The molecule has 0 saturated carbocycles. The average Bonchev–Trinajstić information content (AvgIpc) is 2.81. The highest BCUT2D eigenvalue weighted by Crippen LogP contribution is 2.24. The Hall–Kier alpha value is -1.35. The zero-order valence-electron chi connectivity index (χ0n) is 10.8. The van der Waals surface area contributed by atoms with Gasteiger partial charge in [0.25, 0.3) is 0 Å². The highest BCUT2D eigenvalue weighted by molar-refractivity contribution is 5.98. The van der Waals surface area contributed by atoms with E-state index in [4.69, 9.17) is 0 Å². The Labute approximate surface area is 103 Å². The number of likely N-dealkylation sites (N-methyl/N-ethyl adjacent to an activating group) is 1. The Morgan fingerprint density at radius 3 is 2.53 bits per heavy atom. The van der Waals surface area contributed by atoms with Crippen molar-refractivity contribution in [3.63, 3.8) is 0 Å². The van der Waals surface area contributed by atoms with Gasteiger partial charge in [0.15, 0.2) is 0 Å². The largest absolute Gasteiger partial charge is 0.314 e. The van der Waals surface area contributed by atoms with E-state index < -0.39 is 0 Å². The van der Waals surface area contributed by atoms with Gasteiger partial charge in [-0.05, 0) is 44.4 Å². The Morgan fingerprint density at radius 2 is 2.00 bits per heavy atom. The van der Waals surface area contributed by atoms with Crippen LogP contribution in [0, 0.1) is 13.8 Å². The number of benzene rings is 1.